The number of carbonyl (C=O) groups is 1. The van der Waals surface area contributed by atoms with E-state index in [1.54, 1.807) is 4.68 Å². The van der Waals surface area contributed by atoms with Crippen LogP contribution in [0.4, 0.5) is 0 Å². The van der Waals surface area contributed by atoms with Crippen LogP contribution in [-0.2, 0) is 7.05 Å². The van der Waals surface area contributed by atoms with E-state index < -0.39 is 0 Å². The van der Waals surface area contributed by atoms with Crippen molar-refractivity contribution in [2.24, 2.45) is 18.7 Å². The summed E-state index contributed by atoms with van der Waals surface area (Å²) >= 11 is 0. The third-order valence-corrected chi connectivity index (χ3v) is 3.57. The molecule has 0 aliphatic heterocycles. The standard InChI is InChI=1S/C15H22N4O/c1-10(2)12(8-9-16)17-15(20)14-11-6-4-5-7-13(11)19(3)18-14/h4-7,10,12H,8-9,16H2,1-3H3,(H,17,20). The molecule has 5 nitrogen and oxygen atoms in total. The SMILES string of the molecule is CC(C)C(CCN)NC(=O)c1nn(C)c2ccccc12. The number of fused-ring (bicyclic) bond motifs is 1. The van der Waals surface area contributed by atoms with Crippen molar-refractivity contribution >= 4 is 16.8 Å². The maximum atomic E-state index is 12.4. The molecule has 1 heterocycles. The zero-order valence-corrected chi connectivity index (χ0v) is 12.3. The lowest BCUT2D eigenvalue weighted by Gasteiger charge is -2.21. The first-order chi connectivity index (χ1) is 9.54. The number of nitrogens with one attached hydrogen (secondary N) is 1. The highest BCUT2D eigenvalue weighted by molar-refractivity contribution is 6.04. The van der Waals surface area contributed by atoms with Crippen LogP contribution in [0, 0.1) is 5.92 Å². The van der Waals surface area contributed by atoms with Gasteiger partial charge in [0.1, 0.15) is 0 Å². The predicted octanol–water partition coefficient (Wildman–Crippen LogP) is 1.68. The van der Waals surface area contributed by atoms with Crippen LogP contribution in [-0.4, -0.2) is 28.3 Å². The molecule has 5 heteroatoms. The molecule has 0 saturated carbocycles. The summed E-state index contributed by atoms with van der Waals surface area (Å²) in [5.74, 6) is 0.214. The molecule has 0 bridgehead atoms. The van der Waals surface area contributed by atoms with E-state index in [0.29, 0.717) is 18.2 Å². The van der Waals surface area contributed by atoms with Crippen molar-refractivity contribution in [2.75, 3.05) is 6.54 Å². The van der Waals surface area contributed by atoms with Gasteiger partial charge < -0.3 is 11.1 Å². The molecule has 3 N–H and O–H groups in total. The topological polar surface area (TPSA) is 72.9 Å². The second-order valence-electron chi connectivity index (χ2n) is 5.39. The Hall–Kier alpha value is -1.88. The molecule has 0 fully saturated rings. The fourth-order valence-corrected chi connectivity index (χ4v) is 2.37. The summed E-state index contributed by atoms with van der Waals surface area (Å²) in [6.07, 6.45) is 0.772. The van der Waals surface area contributed by atoms with Crippen LogP contribution in [0.1, 0.15) is 30.8 Å². The summed E-state index contributed by atoms with van der Waals surface area (Å²) in [6, 6.07) is 7.81. The molecule has 2 aromatic rings. The van der Waals surface area contributed by atoms with Crippen LogP contribution in [0.5, 0.6) is 0 Å². The molecule has 108 valence electrons. The first-order valence-electron chi connectivity index (χ1n) is 6.97. The van der Waals surface area contributed by atoms with Crippen LogP contribution in [0.25, 0.3) is 10.9 Å². The second-order valence-corrected chi connectivity index (χ2v) is 5.39. The van der Waals surface area contributed by atoms with Crippen LogP contribution >= 0.6 is 0 Å². The molecule has 1 aromatic carbocycles. The minimum atomic E-state index is -0.131. The van der Waals surface area contributed by atoms with Gasteiger partial charge in [-0.05, 0) is 24.9 Å². The van der Waals surface area contributed by atoms with Gasteiger partial charge in [-0.2, -0.15) is 5.10 Å². The van der Waals surface area contributed by atoms with Gasteiger partial charge >= 0.3 is 0 Å². The normalized spacial score (nSPS) is 12.8. The highest BCUT2D eigenvalue weighted by Crippen LogP contribution is 2.18. The molecule has 1 atom stereocenters. The number of para-hydroxylation sites is 1. The minimum absolute atomic E-state index is 0.0771. The van der Waals surface area contributed by atoms with Gasteiger partial charge in [-0.3, -0.25) is 9.48 Å². The molecule has 0 radical (unpaired) electrons. The van der Waals surface area contributed by atoms with E-state index in [1.165, 1.54) is 0 Å². The van der Waals surface area contributed by atoms with Gasteiger partial charge in [0, 0.05) is 18.5 Å². The summed E-state index contributed by atoms with van der Waals surface area (Å²) in [6.45, 7) is 4.72. The summed E-state index contributed by atoms with van der Waals surface area (Å²) in [5, 5.41) is 8.26. The predicted molar refractivity (Wildman–Crippen MR) is 80.5 cm³/mol. The molecule has 1 aromatic heterocycles. The first-order valence-corrected chi connectivity index (χ1v) is 6.97. The van der Waals surface area contributed by atoms with Gasteiger partial charge in [0.2, 0.25) is 0 Å². The van der Waals surface area contributed by atoms with Gasteiger partial charge in [0.15, 0.2) is 5.69 Å². The molecule has 1 amide bonds. The Morgan fingerprint density at radius 2 is 2.10 bits per heavy atom. The number of amides is 1. The maximum absolute atomic E-state index is 12.4. The lowest BCUT2D eigenvalue weighted by atomic mass is 10.0. The average Bonchev–Trinajstić information content (AvgIpc) is 2.76. The summed E-state index contributed by atoms with van der Waals surface area (Å²) in [7, 11) is 1.85. The number of hydrogen-bond donors (Lipinski definition) is 2. The van der Waals surface area contributed by atoms with Crippen molar-refractivity contribution < 1.29 is 4.79 Å². The lowest BCUT2D eigenvalue weighted by molar-refractivity contribution is 0.0920. The second kappa shape index (κ2) is 6.05. The third kappa shape index (κ3) is 2.82. The Bertz CT molecular complexity index is 603. The number of nitrogens with zero attached hydrogens (tertiary/aromatic N) is 2. The number of carbonyl (C=O) groups excluding carboxylic acids is 1. The first kappa shape index (κ1) is 14.5. The highest BCUT2D eigenvalue weighted by atomic mass is 16.2. The molecule has 0 saturated heterocycles. The Morgan fingerprint density at radius 3 is 2.75 bits per heavy atom. The number of nitrogens with two attached hydrogens (primary N) is 1. The monoisotopic (exact) mass is 274 g/mol. The number of rotatable bonds is 5. The van der Waals surface area contributed by atoms with Crippen molar-refractivity contribution in [3.05, 3.63) is 30.0 Å². The number of aryl methyl sites for hydroxylation is 1. The van der Waals surface area contributed by atoms with Gasteiger partial charge in [-0.1, -0.05) is 32.0 Å². The van der Waals surface area contributed by atoms with Crippen molar-refractivity contribution in [1.29, 1.82) is 0 Å². The van der Waals surface area contributed by atoms with Gasteiger partial charge in [0.25, 0.3) is 5.91 Å². The average molecular weight is 274 g/mol. The molecule has 1 unspecified atom stereocenters. The van der Waals surface area contributed by atoms with Gasteiger partial charge in [0.05, 0.1) is 5.52 Å². The Labute approximate surface area is 119 Å². The smallest absolute Gasteiger partial charge is 0.272 e. The fraction of sp³-hybridized carbons (Fsp3) is 0.467. The van der Waals surface area contributed by atoms with Crippen molar-refractivity contribution in [1.82, 2.24) is 15.1 Å². The molecule has 0 aliphatic carbocycles. The number of hydrogen-bond acceptors (Lipinski definition) is 3. The quantitative estimate of drug-likeness (QED) is 0.871. The van der Waals surface area contributed by atoms with Crippen molar-refractivity contribution in [2.45, 2.75) is 26.3 Å². The summed E-state index contributed by atoms with van der Waals surface area (Å²) < 4.78 is 1.73. The number of aromatic nitrogens is 2. The third-order valence-electron chi connectivity index (χ3n) is 3.57. The van der Waals surface area contributed by atoms with E-state index in [0.717, 1.165) is 17.3 Å². The van der Waals surface area contributed by atoms with Crippen LogP contribution in [0.2, 0.25) is 0 Å². The maximum Gasteiger partial charge on any atom is 0.272 e. The zero-order chi connectivity index (χ0) is 14.7. The van der Waals surface area contributed by atoms with Crippen LogP contribution in [0.3, 0.4) is 0 Å². The van der Waals surface area contributed by atoms with Crippen molar-refractivity contribution in [3.8, 4) is 0 Å². The fourth-order valence-electron chi connectivity index (χ4n) is 2.37. The van der Waals surface area contributed by atoms with E-state index in [9.17, 15) is 4.79 Å². The van der Waals surface area contributed by atoms with Gasteiger partial charge in [-0.15, -0.1) is 0 Å². The Morgan fingerprint density at radius 1 is 1.40 bits per heavy atom. The lowest BCUT2D eigenvalue weighted by Crippen LogP contribution is -2.40. The molecule has 0 spiro atoms. The van der Waals surface area contributed by atoms with Crippen molar-refractivity contribution in [3.63, 3.8) is 0 Å². The molecule has 2 rings (SSSR count). The molecule has 20 heavy (non-hydrogen) atoms. The Kier molecular flexibility index (Phi) is 4.39. The summed E-state index contributed by atoms with van der Waals surface area (Å²) in [4.78, 5) is 12.4. The largest absolute Gasteiger partial charge is 0.348 e. The van der Waals surface area contributed by atoms with Crippen LogP contribution < -0.4 is 11.1 Å². The van der Waals surface area contributed by atoms with E-state index in [1.807, 2.05) is 31.3 Å². The number of benzene rings is 1. The highest BCUT2D eigenvalue weighted by Gasteiger charge is 2.20. The zero-order valence-electron chi connectivity index (χ0n) is 12.3. The molecular formula is C15H22N4O. The van der Waals surface area contributed by atoms with E-state index in [-0.39, 0.29) is 11.9 Å². The van der Waals surface area contributed by atoms with E-state index >= 15 is 0 Å². The Balaban J connectivity index is 2.27. The van der Waals surface area contributed by atoms with E-state index in [2.05, 4.69) is 24.3 Å². The van der Waals surface area contributed by atoms with Crippen LogP contribution in [0.15, 0.2) is 24.3 Å². The minimum Gasteiger partial charge on any atom is -0.348 e. The van der Waals surface area contributed by atoms with Gasteiger partial charge in [-0.25, -0.2) is 0 Å². The molecular weight excluding hydrogens is 252 g/mol. The molecule has 0 aliphatic rings. The van der Waals surface area contributed by atoms with E-state index in [4.69, 9.17) is 5.73 Å². The summed E-state index contributed by atoms with van der Waals surface area (Å²) in [5.41, 5.74) is 7.04.